The summed E-state index contributed by atoms with van der Waals surface area (Å²) in [4.78, 5) is 0. The van der Waals surface area contributed by atoms with E-state index in [4.69, 9.17) is 16.3 Å². The minimum atomic E-state index is 0.719. The number of halogens is 1. The van der Waals surface area contributed by atoms with Gasteiger partial charge in [-0.3, -0.25) is 5.10 Å². The molecule has 0 fully saturated rings. The third-order valence-electron chi connectivity index (χ3n) is 2.46. The van der Waals surface area contributed by atoms with Gasteiger partial charge in [0.15, 0.2) is 0 Å². The van der Waals surface area contributed by atoms with Gasteiger partial charge in [-0.15, -0.1) is 0 Å². The number of hydrogen-bond donors (Lipinski definition) is 1. The Morgan fingerprint density at radius 1 is 1.25 bits per heavy atom. The Morgan fingerprint density at radius 3 is 2.56 bits per heavy atom. The Labute approximate surface area is 99.4 Å². The Kier molecular flexibility index (Phi) is 2.88. The molecule has 0 saturated carbocycles. The van der Waals surface area contributed by atoms with Crippen LogP contribution in [-0.4, -0.2) is 17.3 Å². The van der Waals surface area contributed by atoms with E-state index in [9.17, 15) is 0 Å². The quantitative estimate of drug-likeness (QED) is 0.868. The smallest absolute Gasteiger partial charge is 0.128 e. The van der Waals surface area contributed by atoms with Gasteiger partial charge in [-0.2, -0.15) is 5.10 Å². The molecule has 1 N–H and O–H groups in total. The molecule has 0 aliphatic carbocycles. The molecule has 84 valence electrons. The molecule has 0 saturated heterocycles. The monoisotopic (exact) mass is 236 g/mol. The van der Waals surface area contributed by atoms with Crippen molar-refractivity contribution in [1.82, 2.24) is 10.2 Å². The van der Waals surface area contributed by atoms with E-state index in [0.29, 0.717) is 0 Å². The van der Waals surface area contributed by atoms with E-state index in [0.717, 1.165) is 33.3 Å². The van der Waals surface area contributed by atoms with Crippen molar-refractivity contribution in [2.45, 2.75) is 13.8 Å². The van der Waals surface area contributed by atoms with Crippen LogP contribution in [0.4, 0.5) is 0 Å². The fourth-order valence-electron chi connectivity index (χ4n) is 1.58. The molecule has 1 aromatic heterocycles. The number of methoxy groups -OCH3 is 1. The molecule has 1 heterocycles. The standard InChI is InChI=1S/C12H13ClN2O/c1-7-4-12(16-3)9(6-10(7)13)11-5-8(2)14-15-11/h4-6H,1-3H3,(H,14,15). The van der Waals surface area contributed by atoms with Crippen LogP contribution in [0.25, 0.3) is 11.3 Å². The first-order chi connectivity index (χ1) is 7.61. The van der Waals surface area contributed by atoms with Crippen LogP contribution >= 0.6 is 11.6 Å². The average molecular weight is 237 g/mol. The normalized spacial score (nSPS) is 10.5. The molecular weight excluding hydrogens is 224 g/mol. The zero-order valence-electron chi connectivity index (χ0n) is 9.47. The molecule has 1 aromatic carbocycles. The van der Waals surface area contributed by atoms with Crippen LogP contribution in [0.5, 0.6) is 5.75 Å². The largest absolute Gasteiger partial charge is 0.496 e. The molecule has 0 unspecified atom stereocenters. The van der Waals surface area contributed by atoms with Gasteiger partial charge in [-0.1, -0.05) is 11.6 Å². The van der Waals surface area contributed by atoms with E-state index in [1.165, 1.54) is 0 Å². The Bertz CT molecular complexity index is 520. The van der Waals surface area contributed by atoms with Crippen molar-refractivity contribution in [2.75, 3.05) is 7.11 Å². The van der Waals surface area contributed by atoms with Crippen LogP contribution in [0, 0.1) is 13.8 Å². The van der Waals surface area contributed by atoms with Gasteiger partial charge in [0.05, 0.1) is 12.8 Å². The second kappa shape index (κ2) is 4.18. The minimum absolute atomic E-state index is 0.719. The second-order valence-electron chi connectivity index (χ2n) is 3.74. The summed E-state index contributed by atoms with van der Waals surface area (Å²) in [5.74, 6) is 0.786. The maximum Gasteiger partial charge on any atom is 0.128 e. The van der Waals surface area contributed by atoms with Gasteiger partial charge in [0.2, 0.25) is 0 Å². The van der Waals surface area contributed by atoms with E-state index in [1.807, 2.05) is 32.0 Å². The van der Waals surface area contributed by atoms with Gasteiger partial charge in [0, 0.05) is 16.3 Å². The number of H-pyrrole nitrogens is 1. The van der Waals surface area contributed by atoms with Crippen LogP contribution < -0.4 is 4.74 Å². The molecule has 0 atom stereocenters. The number of hydrogen-bond acceptors (Lipinski definition) is 2. The third-order valence-corrected chi connectivity index (χ3v) is 2.87. The molecule has 0 spiro atoms. The first-order valence-corrected chi connectivity index (χ1v) is 5.36. The summed E-state index contributed by atoms with van der Waals surface area (Å²) in [6, 6.07) is 5.76. The van der Waals surface area contributed by atoms with Crippen LogP contribution in [0.15, 0.2) is 18.2 Å². The fourth-order valence-corrected chi connectivity index (χ4v) is 1.74. The summed E-state index contributed by atoms with van der Waals surface area (Å²) < 4.78 is 5.33. The summed E-state index contributed by atoms with van der Waals surface area (Å²) in [7, 11) is 1.64. The summed E-state index contributed by atoms with van der Waals surface area (Å²) in [6.45, 7) is 3.91. The number of rotatable bonds is 2. The number of aromatic nitrogens is 2. The number of benzene rings is 1. The van der Waals surface area contributed by atoms with Crippen molar-refractivity contribution >= 4 is 11.6 Å². The zero-order chi connectivity index (χ0) is 11.7. The molecule has 4 heteroatoms. The molecular formula is C12H13ClN2O. The molecule has 3 nitrogen and oxygen atoms in total. The van der Waals surface area contributed by atoms with E-state index in [1.54, 1.807) is 7.11 Å². The van der Waals surface area contributed by atoms with Crippen LogP contribution in [-0.2, 0) is 0 Å². The van der Waals surface area contributed by atoms with E-state index in [2.05, 4.69) is 10.2 Å². The van der Waals surface area contributed by atoms with Crippen LogP contribution in [0.1, 0.15) is 11.3 Å². The van der Waals surface area contributed by atoms with Crippen molar-refractivity contribution in [2.24, 2.45) is 0 Å². The Hall–Kier alpha value is -1.48. The van der Waals surface area contributed by atoms with Gasteiger partial charge in [0.1, 0.15) is 5.75 Å². The van der Waals surface area contributed by atoms with Crippen molar-refractivity contribution in [3.8, 4) is 17.0 Å². The highest BCUT2D eigenvalue weighted by Gasteiger charge is 2.11. The summed E-state index contributed by atoms with van der Waals surface area (Å²) in [5.41, 5.74) is 3.75. The van der Waals surface area contributed by atoms with Gasteiger partial charge >= 0.3 is 0 Å². The average Bonchev–Trinajstić information content (AvgIpc) is 2.68. The number of ether oxygens (including phenoxy) is 1. The van der Waals surface area contributed by atoms with Gasteiger partial charge < -0.3 is 4.74 Å². The Morgan fingerprint density at radius 2 is 2.00 bits per heavy atom. The summed E-state index contributed by atoms with van der Waals surface area (Å²) in [6.07, 6.45) is 0. The van der Waals surface area contributed by atoms with E-state index < -0.39 is 0 Å². The minimum Gasteiger partial charge on any atom is -0.496 e. The lowest BCUT2D eigenvalue weighted by molar-refractivity contribution is 0.416. The SMILES string of the molecule is COc1cc(C)c(Cl)cc1-c1cc(C)[nH]n1. The highest BCUT2D eigenvalue weighted by molar-refractivity contribution is 6.31. The molecule has 16 heavy (non-hydrogen) atoms. The third kappa shape index (κ3) is 1.91. The maximum atomic E-state index is 6.11. The molecule has 0 aliphatic rings. The number of nitrogens with one attached hydrogen (secondary N) is 1. The lowest BCUT2D eigenvalue weighted by Crippen LogP contribution is -1.90. The predicted molar refractivity (Wildman–Crippen MR) is 65.1 cm³/mol. The summed E-state index contributed by atoms with van der Waals surface area (Å²) in [5, 5.41) is 7.82. The Balaban J connectivity index is 2.59. The molecule has 0 bridgehead atoms. The molecule has 2 aromatic rings. The zero-order valence-corrected chi connectivity index (χ0v) is 10.2. The van der Waals surface area contributed by atoms with E-state index >= 15 is 0 Å². The molecule has 0 aliphatic heterocycles. The maximum absolute atomic E-state index is 6.11. The molecule has 2 rings (SSSR count). The van der Waals surface area contributed by atoms with Crippen molar-refractivity contribution in [1.29, 1.82) is 0 Å². The predicted octanol–water partition coefficient (Wildman–Crippen LogP) is 3.36. The van der Waals surface area contributed by atoms with E-state index in [-0.39, 0.29) is 0 Å². The van der Waals surface area contributed by atoms with Crippen molar-refractivity contribution < 1.29 is 4.74 Å². The van der Waals surface area contributed by atoms with Gasteiger partial charge in [0.25, 0.3) is 0 Å². The second-order valence-corrected chi connectivity index (χ2v) is 4.15. The number of nitrogens with zero attached hydrogens (tertiary/aromatic N) is 1. The first kappa shape index (κ1) is 11.0. The highest BCUT2D eigenvalue weighted by atomic mass is 35.5. The number of aryl methyl sites for hydroxylation is 2. The summed E-state index contributed by atoms with van der Waals surface area (Å²) >= 11 is 6.11. The topological polar surface area (TPSA) is 37.9 Å². The lowest BCUT2D eigenvalue weighted by atomic mass is 10.1. The van der Waals surface area contributed by atoms with Gasteiger partial charge in [-0.25, -0.2) is 0 Å². The molecule has 0 amide bonds. The lowest BCUT2D eigenvalue weighted by Gasteiger charge is -2.08. The van der Waals surface area contributed by atoms with Gasteiger partial charge in [-0.05, 0) is 37.6 Å². The van der Waals surface area contributed by atoms with Crippen molar-refractivity contribution in [3.05, 3.63) is 34.5 Å². The van der Waals surface area contributed by atoms with Crippen LogP contribution in [0.2, 0.25) is 5.02 Å². The highest BCUT2D eigenvalue weighted by Crippen LogP contribution is 2.33. The first-order valence-electron chi connectivity index (χ1n) is 4.98. The van der Waals surface area contributed by atoms with Crippen molar-refractivity contribution in [3.63, 3.8) is 0 Å². The fraction of sp³-hybridized carbons (Fsp3) is 0.250. The van der Waals surface area contributed by atoms with Crippen LogP contribution in [0.3, 0.4) is 0 Å². The molecule has 0 radical (unpaired) electrons. The number of aromatic amines is 1.